The van der Waals surface area contributed by atoms with E-state index in [4.69, 9.17) is 18.9 Å². The van der Waals surface area contributed by atoms with E-state index in [9.17, 15) is 9.90 Å². The van der Waals surface area contributed by atoms with Gasteiger partial charge in [-0.3, -0.25) is 0 Å². The summed E-state index contributed by atoms with van der Waals surface area (Å²) in [5.74, 6) is 1.59. The summed E-state index contributed by atoms with van der Waals surface area (Å²) >= 11 is 0. The zero-order valence-electron chi connectivity index (χ0n) is 17.0. The highest BCUT2D eigenvalue weighted by Crippen LogP contribution is 2.45. The summed E-state index contributed by atoms with van der Waals surface area (Å²) in [6, 6.07) is 19.8. The number of ether oxygens (including phenoxy) is 4. The molecule has 0 saturated carbocycles. The molecule has 0 amide bonds. The lowest BCUT2D eigenvalue weighted by Crippen LogP contribution is -2.13. The molecule has 1 atom stereocenters. The number of carbonyl (C=O) groups is 1. The van der Waals surface area contributed by atoms with Crippen molar-refractivity contribution >= 4 is 12.0 Å². The monoisotopic (exact) mass is 418 g/mol. The Labute approximate surface area is 180 Å². The van der Waals surface area contributed by atoms with E-state index in [0.29, 0.717) is 35.2 Å². The Morgan fingerprint density at radius 3 is 2.52 bits per heavy atom. The summed E-state index contributed by atoms with van der Waals surface area (Å²) in [7, 11) is 1.54. The maximum absolute atomic E-state index is 12.0. The number of methoxy groups -OCH3 is 1. The second-order valence-corrected chi connectivity index (χ2v) is 7.00. The van der Waals surface area contributed by atoms with Crippen LogP contribution in [0.3, 0.4) is 0 Å². The number of carbonyl (C=O) groups excluding carboxylic acids is 1. The van der Waals surface area contributed by atoms with Gasteiger partial charge in [-0.2, -0.15) is 0 Å². The number of phenols is 1. The molecule has 0 aliphatic carbocycles. The van der Waals surface area contributed by atoms with Gasteiger partial charge in [-0.25, -0.2) is 0 Å². The van der Waals surface area contributed by atoms with Crippen LogP contribution in [-0.4, -0.2) is 25.3 Å². The fourth-order valence-electron chi connectivity index (χ4n) is 3.34. The van der Waals surface area contributed by atoms with Gasteiger partial charge < -0.3 is 28.8 Å². The van der Waals surface area contributed by atoms with Crippen LogP contribution >= 0.6 is 0 Å². The van der Waals surface area contributed by atoms with E-state index in [1.807, 2.05) is 30.3 Å². The van der Waals surface area contributed by atoms with Gasteiger partial charge in [0.2, 0.25) is 0 Å². The number of benzene rings is 3. The van der Waals surface area contributed by atoms with Crippen molar-refractivity contribution in [2.24, 2.45) is 0 Å². The first kappa shape index (κ1) is 20.5. The van der Waals surface area contributed by atoms with Crippen molar-refractivity contribution in [2.75, 3.05) is 13.9 Å². The predicted molar refractivity (Wildman–Crippen MR) is 115 cm³/mol. The van der Waals surface area contributed by atoms with Crippen LogP contribution in [0.4, 0.5) is 0 Å². The number of aldehydes is 1. The molecule has 6 heteroatoms. The van der Waals surface area contributed by atoms with E-state index in [-0.39, 0.29) is 12.5 Å². The molecule has 1 heterocycles. The van der Waals surface area contributed by atoms with E-state index < -0.39 is 5.92 Å². The quantitative estimate of drug-likeness (QED) is 0.423. The Balaban J connectivity index is 1.71. The molecule has 31 heavy (non-hydrogen) atoms. The lowest BCUT2D eigenvalue weighted by molar-refractivity contribution is -0.108. The smallest absolute Gasteiger partial charge is 0.188 e. The van der Waals surface area contributed by atoms with Crippen molar-refractivity contribution in [3.8, 4) is 23.0 Å². The summed E-state index contributed by atoms with van der Waals surface area (Å²) in [6.45, 7) is 0.399. The minimum Gasteiger partial charge on any atom is -0.508 e. The summed E-state index contributed by atoms with van der Waals surface area (Å²) in [5, 5.41) is 9.56. The zero-order chi connectivity index (χ0) is 21.6. The second kappa shape index (κ2) is 9.36. The van der Waals surface area contributed by atoms with E-state index in [1.54, 1.807) is 42.5 Å². The Morgan fingerprint density at radius 1 is 1.03 bits per heavy atom. The number of aromatic hydroxyl groups is 1. The molecular weight excluding hydrogens is 396 g/mol. The fraction of sp³-hybridized carbons (Fsp3) is 0.160. The van der Waals surface area contributed by atoms with Crippen LogP contribution in [0.25, 0.3) is 5.76 Å². The van der Waals surface area contributed by atoms with E-state index in [1.165, 1.54) is 7.11 Å². The minimum absolute atomic E-state index is 0.0642. The molecule has 6 nitrogen and oxygen atoms in total. The van der Waals surface area contributed by atoms with Gasteiger partial charge >= 0.3 is 0 Å². The van der Waals surface area contributed by atoms with Crippen LogP contribution < -0.4 is 14.2 Å². The standard InChI is InChI=1S/C25H22O6/c1-28-16-30-21-12-23(29-15-17-5-3-2-4-6-17)25-19(14-26)11-22(31-24(25)13-21)18-7-9-20(27)10-8-18/h2-14,19,27H,15-16H2,1H3. The third-order valence-electron chi connectivity index (χ3n) is 4.84. The topological polar surface area (TPSA) is 74.2 Å². The molecule has 0 fully saturated rings. The van der Waals surface area contributed by atoms with Crippen molar-refractivity contribution < 1.29 is 28.8 Å². The SMILES string of the molecule is COCOc1cc(OCc2ccccc2)c2c(c1)OC(c1ccc(O)cc1)=CC2C=O. The molecule has 0 aromatic heterocycles. The van der Waals surface area contributed by atoms with Crippen LogP contribution in [0.15, 0.2) is 72.8 Å². The maximum Gasteiger partial charge on any atom is 0.188 e. The van der Waals surface area contributed by atoms with Crippen molar-refractivity contribution in [1.82, 2.24) is 0 Å². The van der Waals surface area contributed by atoms with Crippen LogP contribution in [0.2, 0.25) is 0 Å². The molecule has 1 aliphatic rings. The van der Waals surface area contributed by atoms with Crippen molar-refractivity contribution in [3.05, 3.63) is 89.5 Å². The van der Waals surface area contributed by atoms with Crippen LogP contribution in [0.1, 0.15) is 22.6 Å². The van der Waals surface area contributed by atoms with Gasteiger partial charge in [-0.1, -0.05) is 30.3 Å². The molecule has 3 aromatic rings. The number of allylic oxidation sites excluding steroid dienone is 1. The van der Waals surface area contributed by atoms with Gasteiger partial charge in [0.15, 0.2) is 6.79 Å². The van der Waals surface area contributed by atoms with Crippen LogP contribution in [-0.2, 0) is 16.1 Å². The molecule has 0 saturated heterocycles. The largest absolute Gasteiger partial charge is 0.508 e. The van der Waals surface area contributed by atoms with Gasteiger partial charge in [-0.05, 0) is 35.9 Å². The first-order valence-corrected chi connectivity index (χ1v) is 9.78. The minimum atomic E-state index is -0.560. The molecular formula is C25H22O6. The molecule has 4 rings (SSSR count). The average molecular weight is 418 g/mol. The van der Waals surface area contributed by atoms with E-state index in [2.05, 4.69) is 0 Å². The van der Waals surface area contributed by atoms with Gasteiger partial charge in [0.1, 0.15) is 41.7 Å². The number of fused-ring (bicyclic) bond motifs is 1. The van der Waals surface area contributed by atoms with Crippen molar-refractivity contribution in [3.63, 3.8) is 0 Å². The van der Waals surface area contributed by atoms with Gasteiger partial charge in [0.25, 0.3) is 0 Å². The Bertz CT molecular complexity index is 1070. The average Bonchev–Trinajstić information content (AvgIpc) is 2.81. The number of rotatable bonds is 8. The third kappa shape index (κ3) is 4.70. The summed E-state index contributed by atoms with van der Waals surface area (Å²) in [6.07, 6.45) is 2.60. The van der Waals surface area contributed by atoms with Gasteiger partial charge in [0.05, 0.1) is 11.5 Å². The lowest BCUT2D eigenvalue weighted by atomic mass is 9.94. The van der Waals surface area contributed by atoms with Crippen molar-refractivity contribution in [2.45, 2.75) is 12.5 Å². The maximum atomic E-state index is 12.0. The summed E-state index contributed by atoms with van der Waals surface area (Å²) < 4.78 is 22.8. The Hall–Kier alpha value is -3.77. The predicted octanol–water partition coefficient (Wildman–Crippen LogP) is 4.67. The first-order chi connectivity index (χ1) is 15.2. The number of phenolic OH excluding ortho intramolecular Hbond substituents is 1. The molecule has 0 radical (unpaired) electrons. The van der Waals surface area contributed by atoms with Gasteiger partial charge in [-0.15, -0.1) is 0 Å². The van der Waals surface area contributed by atoms with E-state index >= 15 is 0 Å². The Kier molecular flexibility index (Phi) is 6.19. The molecule has 1 unspecified atom stereocenters. The molecule has 1 N–H and O–H groups in total. The molecule has 0 bridgehead atoms. The highest BCUT2D eigenvalue weighted by molar-refractivity contribution is 5.79. The molecule has 3 aromatic carbocycles. The van der Waals surface area contributed by atoms with Crippen LogP contribution in [0.5, 0.6) is 23.0 Å². The highest BCUT2D eigenvalue weighted by atomic mass is 16.7. The van der Waals surface area contributed by atoms with Crippen LogP contribution in [0, 0.1) is 0 Å². The first-order valence-electron chi connectivity index (χ1n) is 9.78. The number of hydrogen-bond acceptors (Lipinski definition) is 6. The normalized spacial score (nSPS) is 14.7. The highest BCUT2D eigenvalue weighted by Gasteiger charge is 2.28. The molecule has 0 spiro atoms. The Morgan fingerprint density at radius 2 is 1.81 bits per heavy atom. The molecule has 158 valence electrons. The summed E-state index contributed by atoms with van der Waals surface area (Å²) in [5.41, 5.74) is 2.38. The number of hydrogen-bond donors (Lipinski definition) is 1. The van der Waals surface area contributed by atoms with Gasteiger partial charge in [0, 0.05) is 24.8 Å². The second-order valence-electron chi connectivity index (χ2n) is 7.00. The lowest BCUT2D eigenvalue weighted by Gasteiger charge is -2.25. The van der Waals surface area contributed by atoms with Crippen molar-refractivity contribution in [1.29, 1.82) is 0 Å². The summed E-state index contributed by atoms with van der Waals surface area (Å²) in [4.78, 5) is 12.0. The zero-order valence-corrected chi connectivity index (χ0v) is 17.0. The van der Waals surface area contributed by atoms with E-state index in [0.717, 1.165) is 17.4 Å². The molecule has 1 aliphatic heterocycles. The third-order valence-corrected chi connectivity index (χ3v) is 4.84. The fourth-order valence-corrected chi connectivity index (χ4v) is 3.34.